The number of ether oxygens (including phenoxy) is 1. The average molecular weight is 270 g/mol. The van der Waals surface area contributed by atoms with Crippen molar-refractivity contribution in [1.29, 1.82) is 0 Å². The molecule has 0 aliphatic carbocycles. The smallest absolute Gasteiger partial charge is 0.309 e. The zero-order valence-electron chi connectivity index (χ0n) is 12.9. The Labute approximate surface area is 117 Å². The monoisotopic (exact) mass is 270 g/mol. The van der Waals surface area contributed by atoms with E-state index in [1.54, 1.807) is 0 Å². The van der Waals surface area contributed by atoms with E-state index in [4.69, 9.17) is 4.74 Å². The van der Waals surface area contributed by atoms with Crippen LogP contribution in [0.5, 0.6) is 0 Å². The fraction of sp³-hybridized carbons (Fsp3) is 0.933. The van der Waals surface area contributed by atoms with Gasteiger partial charge in [0.05, 0.1) is 12.5 Å². The summed E-state index contributed by atoms with van der Waals surface area (Å²) in [5, 5.41) is 3.51. The third-order valence-corrected chi connectivity index (χ3v) is 3.64. The fourth-order valence-corrected chi connectivity index (χ4v) is 2.63. The van der Waals surface area contributed by atoms with E-state index in [1.165, 1.54) is 12.8 Å². The third-order valence-electron chi connectivity index (χ3n) is 3.64. The van der Waals surface area contributed by atoms with Crippen molar-refractivity contribution in [2.24, 2.45) is 11.8 Å². The molecule has 112 valence electrons. The molecule has 4 nitrogen and oxygen atoms in total. The number of rotatable bonds is 7. The largest absolute Gasteiger partial charge is 0.466 e. The van der Waals surface area contributed by atoms with Crippen molar-refractivity contribution >= 4 is 5.97 Å². The number of piperidine rings is 1. The zero-order chi connectivity index (χ0) is 14.3. The van der Waals surface area contributed by atoms with E-state index in [0.29, 0.717) is 18.6 Å². The lowest BCUT2D eigenvalue weighted by Crippen LogP contribution is -2.43. The van der Waals surface area contributed by atoms with Crippen molar-refractivity contribution in [3.05, 3.63) is 0 Å². The van der Waals surface area contributed by atoms with Gasteiger partial charge in [-0.2, -0.15) is 0 Å². The van der Waals surface area contributed by atoms with E-state index in [-0.39, 0.29) is 11.9 Å². The van der Waals surface area contributed by atoms with Crippen molar-refractivity contribution in [2.45, 2.75) is 46.6 Å². The number of hydrogen-bond donors (Lipinski definition) is 1. The second-order valence-electron chi connectivity index (χ2n) is 5.98. The number of carbonyl (C=O) groups excluding carboxylic acids is 1. The molecule has 0 spiro atoms. The van der Waals surface area contributed by atoms with Crippen LogP contribution in [0.4, 0.5) is 0 Å². The Bertz CT molecular complexity index is 269. The Kier molecular flexibility index (Phi) is 7.39. The number of carbonyl (C=O) groups is 1. The van der Waals surface area contributed by atoms with Crippen LogP contribution in [0.15, 0.2) is 0 Å². The van der Waals surface area contributed by atoms with Crippen molar-refractivity contribution in [1.82, 2.24) is 10.2 Å². The highest BCUT2D eigenvalue weighted by molar-refractivity contribution is 5.72. The minimum absolute atomic E-state index is 0.0169. The molecule has 0 aromatic heterocycles. The van der Waals surface area contributed by atoms with Gasteiger partial charge < -0.3 is 15.0 Å². The number of likely N-dealkylation sites (tertiary alicyclic amines) is 1. The van der Waals surface area contributed by atoms with Gasteiger partial charge in [0, 0.05) is 19.1 Å². The molecule has 1 aliphatic rings. The number of hydrogen-bond acceptors (Lipinski definition) is 4. The predicted molar refractivity (Wildman–Crippen MR) is 78.1 cm³/mol. The highest BCUT2D eigenvalue weighted by Crippen LogP contribution is 2.17. The molecular weight excluding hydrogens is 240 g/mol. The van der Waals surface area contributed by atoms with Gasteiger partial charge in [0.25, 0.3) is 0 Å². The first-order valence-electron chi connectivity index (χ1n) is 7.65. The summed E-state index contributed by atoms with van der Waals surface area (Å²) in [7, 11) is 0. The van der Waals surface area contributed by atoms with Crippen LogP contribution in [0.25, 0.3) is 0 Å². The van der Waals surface area contributed by atoms with Gasteiger partial charge in [-0.05, 0) is 38.8 Å². The van der Waals surface area contributed by atoms with Crippen LogP contribution in [0.3, 0.4) is 0 Å². The molecule has 19 heavy (non-hydrogen) atoms. The molecule has 0 saturated carbocycles. The molecule has 0 radical (unpaired) electrons. The van der Waals surface area contributed by atoms with E-state index >= 15 is 0 Å². The quantitative estimate of drug-likeness (QED) is 0.717. The zero-order valence-corrected chi connectivity index (χ0v) is 12.9. The maximum Gasteiger partial charge on any atom is 0.309 e. The van der Waals surface area contributed by atoms with Gasteiger partial charge in [-0.3, -0.25) is 4.79 Å². The summed E-state index contributed by atoms with van der Waals surface area (Å²) >= 11 is 0. The summed E-state index contributed by atoms with van der Waals surface area (Å²) in [6.45, 7) is 12.8. The van der Waals surface area contributed by atoms with E-state index in [2.05, 4.69) is 24.1 Å². The van der Waals surface area contributed by atoms with Gasteiger partial charge in [0.1, 0.15) is 0 Å². The fourth-order valence-electron chi connectivity index (χ4n) is 2.63. The standard InChI is InChI=1S/C15H30N2O2/c1-5-19-15(18)13(4)10-17-8-6-7-14(11-17)9-16-12(2)3/h12-14,16H,5-11H2,1-4H3. The maximum atomic E-state index is 11.7. The lowest BCUT2D eigenvalue weighted by atomic mass is 9.96. The summed E-state index contributed by atoms with van der Waals surface area (Å²) in [6, 6.07) is 0.550. The highest BCUT2D eigenvalue weighted by atomic mass is 16.5. The number of nitrogens with one attached hydrogen (secondary N) is 1. The molecule has 0 aromatic rings. The first-order valence-corrected chi connectivity index (χ1v) is 7.65. The second-order valence-corrected chi connectivity index (χ2v) is 5.98. The van der Waals surface area contributed by atoms with Crippen LogP contribution in [0, 0.1) is 11.8 Å². The van der Waals surface area contributed by atoms with Crippen molar-refractivity contribution in [2.75, 3.05) is 32.8 Å². The van der Waals surface area contributed by atoms with Crippen LogP contribution < -0.4 is 5.32 Å². The number of nitrogens with zero attached hydrogens (tertiary/aromatic N) is 1. The SMILES string of the molecule is CCOC(=O)C(C)CN1CCCC(CNC(C)C)C1. The summed E-state index contributed by atoms with van der Waals surface area (Å²) in [5.41, 5.74) is 0. The van der Waals surface area contributed by atoms with E-state index in [9.17, 15) is 4.79 Å². The third kappa shape index (κ3) is 6.39. The maximum absolute atomic E-state index is 11.7. The van der Waals surface area contributed by atoms with Gasteiger partial charge in [-0.25, -0.2) is 0 Å². The first kappa shape index (κ1) is 16.4. The molecule has 2 atom stereocenters. The van der Waals surface area contributed by atoms with Crippen LogP contribution >= 0.6 is 0 Å². The van der Waals surface area contributed by atoms with E-state index < -0.39 is 0 Å². The summed E-state index contributed by atoms with van der Waals surface area (Å²) in [5.74, 6) is 0.632. The molecule has 0 bridgehead atoms. The molecule has 0 aromatic carbocycles. The Morgan fingerprint density at radius 3 is 2.79 bits per heavy atom. The minimum atomic E-state index is -0.0649. The molecule has 1 fully saturated rings. The van der Waals surface area contributed by atoms with Crippen molar-refractivity contribution < 1.29 is 9.53 Å². The van der Waals surface area contributed by atoms with Crippen LogP contribution in [0.2, 0.25) is 0 Å². The van der Waals surface area contributed by atoms with Gasteiger partial charge in [-0.1, -0.05) is 20.8 Å². The molecular formula is C15H30N2O2. The molecule has 0 amide bonds. The highest BCUT2D eigenvalue weighted by Gasteiger charge is 2.23. The Balaban J connectivity index is 2.31. The molecule has 1 heterocycles. The predicted octanol–water partition coefficient (Wildman–Crippen LogP) is 1.90. The summed E-state index contributed by atoms with van der Waals surface area (Å²) in [4.78, 5) is 14.1. The van der Waals surface area contributed by atoms with E-state index in [0.717, 1.165) is 26.2 Å². The lowest BCUT2D eigenvalue weighted by molar-refractivity contribution is -0.148. The molecule has 1 rings (SSSR count). The first-order chi connectivity index (χ1) is 9.02. The van der Waals surface area contributed by atoms with Gasteiger partial charge >= 0.3 is 5.97 Å². The summed E-state index contributed by atoms with van der Waals surface area (Å²) in [6.07, 6.45) is 2.53. The average Bonchev–Trinajstić information content (AvgIpc) is 2.37. The van der Waals surface area contributed by atoms with Gasteiger partial charge in [0.15, 0.2) is 0 Å². The van der Waals surface area contributed by atoms with Crippen molar-refractivity contribution in [3.8, 4) is 0 Å². The molecule has 2 unspecified atom stereocenters. The Morgan fingerprint density at radius 1 is 1.42 bits per heavy atom. The Morgan fingerprint density at radius 2 is 2.16 bits per heavy atom. The number of esters is 1. The van der Waals surface area contributed by atoms with Crippen LogP contribution in [-0.4, -0.2) is 49.7 Å². The minimum Gasteiger partial charge on any atom is -0.466 e. The Hall–Kier alpha value is -0.610. The van der Waals surface area contributed by atoms with Gasteiger partial charge in [-0.15, -0.1) is 0 Å². The van der Waals surface area contributed by atoms with Crippen molar-refractivity contribution in [3.63, 3.8) is 0 Å². The van der Waals surface area contributed by atoms with Gasteiger partial charge in [0.2, 0.25) is 0 Å². The molecule has 4 heteroatoms. The second kappa shape index (κ2) is 8.54. The topological polar surface area (TPSA) is 41.6 Å². The van der Waals surface area contributed by atoms with E-state index in [1.807, 2.05) is 13.8 Å². The van der Waals surface area contributed by atoms with Crippen LogP contribution in [0.1, 0.15) is 40.5 Å². The summed E-state index contributed by atoms with van der Waals surface area (Å²) < 4.78 is 5.07. The normalized spacial score (nSPS) is 22.5. The molecule has 1 aliphatic heterocycles. The lowest BCUT2D eigenvalue weighted by Gasteiger charge is -2.34. The molecule has 1 N–H and O–H groups in total. The van der Waals surface area contributed by atoms with Crippen LogP contribution in [-0.2, 0) is 9.53 Å². The molecule has 1 saturated heterocycles.